The Morgan fingerprint density at radius 1 is 1.10 bits per heavy atom. The molecule has 6 heteroatoms. The number of aliphatic hydroxyl groups is 1. The van der Waals surface area contributed by atoms with Crippen molar-refractivity contribution >= 4 is 16.7 Å². The zero-order valence-corrected chi connectivity index (χ0v) is 16.8. The first-order valence-electron chi connectivity index (χ1n) is 11.9. The summed E-state index contributed by atoms with van der Waals surface area (Å²) in [5.41, 5.74) is -1.66. The Labute approximate surface area is 185 Å². The van der Waals surface area contributed by atoms with Gasteiger partial charge in [0.05, 0.1) is 6.93 Å². The maximum atomic E-state index is 12.7. The zero-order valence-electron chi connectivity index (χ0n) is 19.8. The molecule has 0 radical (unpaired) electrons. The first-order chi connectivity index (χ1) is 16.5. The molecule has 3 aromatic carbocycles. The highest BCUT2D eigenvalue weighted by atomic mass is 16.7. The number of rotatable bonds is 6. The molecule has 0 bridgehead atoms. The van der Waals surface area contributed by atoms with Crippen LogP contribution in [-0.4, -0.2) is 48.4 Å². The van der Waals surface area contributed by atoms with Crippen molar-refractivity contribution in [2.24, 2.45) is 0 Å². The van der Waals surface area contributed by atoms with Gasteiger partial charge in [0, 0.05) is 15.2 Å². The molecule has 0 saturated carbocycles. The number of hydrogen-bond donors (Lipinski definition) is 1. The molecule has 3 aromatic rings. The largest absolute Gasteiger partial charge is 0.484 e. The van der Waals surface area contributed by atoms with Gasteiger partial charge in [-0.3, -0.25) is 0 Å². The fourth-order valence-corrected chi connectivity index (χ4v) is 3.67. The van der Waals surface area contributed by atoms with Gasteiger partial charge in [-0.2, -0.15) is 0 Å². The predicted molar refractivity (Wildman–Crippen MR) is 116 cm³/mol. The molecule has 31 heavy (non-hydrogen) atoms. The van der Waals surface area contributed by atoms with Gasteiger partial charge < -0.3 is 24.1 Å². The Morgan fingerprint density at radius 3 is 2.65 bits per heavy atom. The highest BCUT2D eigenvalue weighted by Gasteiger charge is 2.57. The molecule has 162 valence electrons. The molecule has 1 aliphatic heterocycles. The second-order valence-corrected chi connectivity index (χ2v) is 7.42. The average Bonchev–Trinajstić information content (AvgIpc) is 3.15. The summed E-state index contributed by atoms with van der Waals surface area (Å²) in [6.07, 6.45) is -4.80. The maximum absolute atomic E-state index is 12.7. The summed E-state index contributed by atoms with van der Waals surface area (Å²) in [4.78, 5) is 12.7. The van der Waals surface area contributed by atoms with E-state index in [9.17, 15) is 9.90 Å². The van der Waals surface area contributed by atoms with Crippen molar-refractivity contribution in [1.29, 1.82) is 0 Å². The van der Waals surface area contributed by atoms with Crippen LogP contribution in [0.25, 0.3) is 10.8 Å². The van der Waals surface area contributed by atoms with E-state index in [0.717, 1.165) is 10.8 Å². The Kier molecular flexibility index (Phi) is 4.96. The monoisotopic (exact) mass is 425 g/mol. The molecule has 6 nitrogen and oxygen atoms in total. The van der Waals surface area contributed by atoms with Gasteiger partial charge in [0.1, 0.15) is 18.0 Å². The fourth-order valence-electron chi connectivity index (χ4n) is 3.67. The van der Waals surface area contributed by atoms with Crippen molar-refractivity contribution in [3.63, 3.8) is 0 Å². The Balaban J connectivity index is 1.68. The average molecular weight is 425 g/mol. The van der Waals surface area contributed by atoms with Crippen LogP contribution in [0.5, 0.6) is 5.75 Å². The number of methoxy groups -OCH3 is 1. The first-order valence-corrected chi connectivity index (χ1v) is 9.79. The van der Waals surface area contributed by atoms with E-state index in [1.54, 1.807) is 42.5 Å². The third-order valence-electron chi connectivity index (χ3n) is 5.27. The van der Waals surface area contributed by atoms with Crippen LogP contribution in [-0.2, 0) is 14.2 Å². The fraction of sp³-hybridized carbons (Fsp3) is 0.320. The maximum Gasteiger partial charge on any atom is 0.338 e. The number of esters is 1. The highest BCUT2D eigenvalue weighted by molar-refractivity contribution is 5.89. The Bertz CT molecular complexity index is 1110. The smallest absolute Gasteiger partial charge is 0.338 e. The van der Waals surface area contributed by atoms with Crippen LogP contribution < -0.4 is 4.74 Å². The molecule has 0 aliphatic carbocycles. The lowest BCUT2D eigenvalue weighted by Gasteiger charge is -2.31. The van der Waals surface area contributed by atoms with Crippen LogP contribution in [0.1, 0.15) is 28.3 Å². The summed E-state index contributed by atoms with van der Waals surface area (Å²) in [5, 5.41) is 13.1. The van der Waals surface area contributed by atoms with Gasteiger partial charge in [-0.15, -0.1) is 0 Å². The number of carbonyl (C=O) groups excluding carboxylic acids is 1. The number of fused-ring (bicyclic) bond motifs is 1. The van der Waals surface area contributed by atoms with Crippen molar-refractivity contribution in [3.8, 4) is 5.75 Å². The SMILES string of the molecule is [2H]COC1O[C@H](C(C[2H])OC(=O)c2ccccc2)[C@@H](Oc2cccc3ccccc23)[C@]1(O)C[2H]. The lowest BCUT2D eigenvalue weighted by Crippen LogP contribution is -2.51. The van der Waals surface area contributed by atoms with Gasteiger partial charge in [-0.25, -0.2) is 4.79 Å². The summed E-state index contributed by atoms with van der Waals surface area (Å²) in [6, 6.07) is 21.3. The van der Waals surface area contributed by atoms with E-state index in [4.69, 9.17) is 23.1 Å². The molecule has 1 saturated heterocycles. The van der Waals surface area contributed by atoms with Crippen molar-refractivity contribution in [1.82, 2.24) is 0 Å². The first kappa shape index (κ1) is 17.7. The minimum absolute atomic E-state index is 0.306. The summed E-state index contributed by atoms with van der Waals surface area (Å²) in [5.74, 6) is -0.210. The standard InChI is InChI=1S/C25H26O6/c1-16(29-23(26)18-11-5-4-6-12-18)21-22(25(2,27)24(28-3)31-21)30-20-15-9-13-17-10-7-8-14-19(17)20/h4-16,21-22,24,27H,1-3H3/t16?,21-,22-,24?,25-/m1/s1/i1D,2D,3D. The third-order valence-corrected chi connectivity index (χ3v) is 5.27. The second-order valence-electron chi connectivity index (χ2n) is 7.42. The van der Waals surface area contributed by atoms with Crippen LogP contribution in [0, 0.1) is 0 Å². The molecule has 1 fully saturated rings. The topological polar surface area (TPSA) is 74.2 Å². The summed E-state index contributed by atoms with van der Waals surface area (Å²) in [7, 11) is -0.518. The van der Waals surface area contributed by atoms with E-state index < -0.39 is 50.2 Å². The molecule has 5 atom stereocenters. The van der Waals surface area contributed by atoms with Crippen LogP contribution in [0.2, 0.25) is 0 Å². The van der Waals surface area contributed by atoms with E-state index in [2.05, 4.69) is 0 Å². The molecular formula is C25H26O6. The van der Waals surface area contributed by atoms with Crippen molar-refractivity contribution in [2.45, 2.75) is 44.0 Å². The van der Waals surface area contributed by atoms with Crippen LogP contribution in [0.4, 0.5) is 0 Å². The minimum atomic E-state index is -1.96. The summed E-state index contributed by atoms with van der Waals surface area (Å²) < 4.78 is 46.4. The van der Waals surface area contributed by atoms with Crippen LogP contribution in [0.15, 0.2) is 72.8 Å². The molecule has 4 rings (SSSR count). The molecule has 2 unspecified atom stereocenters. The minimum Gasteiger partial charge on any atom is -0.484 e. The van der Waals surface area contributed by atoms with Gasteiger partial charge in [0.15, 0.2) is 18.0 Å². The third kappa shape index (κ3) is 4.14. The lowest BCUT2D eigenvalue weighted by atomic mass is 9.94. The van der Waals surface area contributed by atoms with E-state index in [0.29, 0.717) is 11.3 Å². The molecule has 1 heterocycles. The van der Waals surface area contributed by atoms with Gasteiger partial charge in [0.25, 0.3) is 0 Å². The van der Waals surface area contributed by atoms with E-state index in [1.165, 1.54) is 0 Å². The van der Waals surface area contributed by atoms with Crippen LogP contribution >= 0.6 is 0 Å². The summed E-state index contributed by atoms with van der Waals surface area (Å²) >= 11 is 0. The van der Waals surface area contributed by atoms with Gasteiger partial charge in [0.2, 0.25) is 0 Å². The van der Waals surface area contributed by atoms with Gasteiger partial charge >= 0.3 is 5.97 Å². The van der Waals surface area contributed by atoms with Crippen molar-refractivity contribution < 1.29 is 33.0 Å². The van der Waals surface area contributed by atoms with Crippen LogP contribution in [0.3, 0.4) is 0 Å². The Hall–Kier alpha value is -2.93. The quantitative estimate of drug-likeness (QED) is 0.603. The number of carbonyl (C=O) groups is 1. The summed E-state index contributed by atoms with van der Waals surface area (Å²) in [6.45, 7) is -0.929. The lowest BCUT2D eigenvalue weighted by molar-refractivity contribution is -0.190. The number of benzene rings is 3. The number of hydrogen-bond acceptors (Lipinski definition) is 6. The molecule has 1 aliphatic rings. The molecular weight excluding hydrogens is 396 g/mol. The predicted octanol–water partition coefficient (Wildman–Crippen LogP) is 3.96. The van der Waals surface area contributed by atoms with Crippen molar-refractivity contribution in [3.05, 3.63) is 78.4 Å². The normalized spacial score (nSPS) is 27.8. The van der Waals surface area contributed by atoms with Gasteiger partial charge in [-0.05, 0) is 37.4 Å². The zero-order chi connectivity index (χ0) is 24.1. The van der Waals surface area contributed by atoms with E-state index in [-0.39, 0.29) is 6.90 Å². The highest BCUT2D eigenvalue weighted by Crippen LogP contribution is 2.38. The van der Waals surface area contributed by atoms with E-state index >= 15 is 0 Å². The van der Waals surface area contributed by atoms with Crippen molar-refractivity contribution in [2.75, 3.05) is 7.09 Å². The molecule has 0 spiro atoms. The van der Waals surface area contributed by atoms with Gasteiger partial charge in [-0.1, -0.05) is 54.6 Å². The molecule has 1 N–H and O–H groups in total. The Morgan fingerprint density at radius 2 is 1.87 bits per heavy atom. The number of ether oxygens (including phenoxy) is 4. The molecule has 0 aromatic heterocycles. The van der Waals surface area contributed by atoms with E-state index in [1.807, 2.05) is 30.3 Å². The second kappa shape index (κ2) is 8.67. The molecule has 0 amide bonds.